The van der Waals surface area contributed by atoms with Gasteiger partial charge in [0.2, 0.25) is 0 Å². The van der Waals surface area contributed by atoms with Gasteiger partial charge in [-0.05, 0) is 12.5 Å². The zero-order chi connectivity index (χ0) is 19.7. The summed E-state index contributed by atoms with van der Waals surface area (Å²) in [6, 6.07) is 10.1. The third-order valence-electron chi connectivity index (χ3n) is 5.17. The van der Waals surface area contributed by atoms with Crippen molar-refractivity contribution in [3.63, 3.8) is 0 Å². The van der Waals surface area contributed by atoms with E-state index in [1.54, 1.807) is 33.5 Å². The monoisotopic (exact) mass is 417 g/mol. The summed E-state index contributed by atoms with van der Waals surface area (Å²) in [7, 11) is -1.85. The van der Waals surface area contributed by atoms with Gasteiger partial charge in [0.15, 0.2) is 5.03 Å². The van der Waals surface area contributed by atoms with Crippen molar-refractivity contribution in [3.8, 4) is 0 Å². The molecule has 0 unspecified atom stereocenters. The van der Waals surface area contributed by atoms with Gasteiger partial charge in [-0.25, -0.2) is 18.4 Å². The predicted molar refractivity (Wildman–Crippen MR) is 109 cm³/mol. The van der Waals surface area contributed by atoms with E-state index in [0.717, 1.165) is 11.3 Å². The summed E-state index contributed by atoms with van der Waals surface area (Å²) in [6.07, 6.45) is 3.06. The van der Waals surface area contributed by atoms with Crippen LogP contribution >= 0.6 is 11.3 Å². The minimum Gasteiger partial charge on any atom is -0.339 e. The standard InChI is InChI=1S/C19H23N5O2S2/c1-14-18(27-13-22-14)8-20-17-10-24(9-16(17)15-6-4-3-5-7-15)28(25,26)19-11-23(2)12-21-19/h3-7,11-13,16-17,20H,8-10H2,1-2H3/t16-,17+/m1/s1. The summed E-state index contributed by atoms with van der Waals surface area (Å²) in [6.45, 7) is 3.52. The number of aromatic nitrogens is 3. The van der Waals surface area contributed by atoms with Gasteiger partial charge in [0.1, 0.15) is 0 Å². The van der Waals surface area contributed by atoms with E-state index in [2.05, 4.69) is 27.4 Å². The Hall–Kier alpha value is -2.07. The third kappa shape index (κ3) is 3.75. The van der Waals surface area contributed by atoms with Crippen LogP contribution in [0.1, 0.15) is 22.1 Å². The molecular weight excluding hydrogens is 394 g/mol. The number of nitrogens with zero attached hydrogens (tertiary/aromatic N) is 4. The van der Waals surface area contributed by atoms with E-state index < -0.39 is 10.0 Å². The van der Waals surface area contributed by atoms with Crippen LogP contribution in [-0.4, -0.2) is 46.4 Å². The number of aryl methyl sites for hydroxylation is 2. The van der Waals surface area contributed by atoms with Crippen molar-refractivity contribution in [2.24, 2.45) is 7.05 Å². The molecule has 28 heavy (non-hydrogen) atoms. The lowest BCUT2D eigenvalue weighted by molar-refractivity contribution is 0.454. The highest BCUT2D eigenvalue weighted by atomic mass is 32.2. The molecular formula is C19H23N5O2S2. The van der Waals surface area contributed by atoms with Crippen LogP contribution in [0, 0.1) is 6.92 Å². The molecule has 1 fully saturated rings. The van der Waals surface area contributed by atoms with Gasteiger partial charge < -0.3 is 9.88 Å². The maximum atomic E-state index is 13.1. The Morgan fingerprint density at radius 1 is 1.21 bits per heavy atom. The van der Waals surface area contributed by atoms with Crippen molar-refractivity contribution >= 4 is 21.4 Å². The molecule has 0 radical (unpaired) electrons. The molecule has 148 valence electrons. The van der Waals surface area contributed by atoms with Gasteiger partial charge in [0.25, 0.3) is 10.0 Å². The van der Waals surface area contributed by atoms with Gasteiger partial charge in [-0.15, -0.1) is 11.3 Å². The quantitative estimate of drug-likeness (QED) is 0.665. The highest BCUT2D eigenvalue weighted by Gasteiger charge is 2.40. The van der Waals surface area contributed by atoms with Crippen molar-refractivity contribution in [2.45, 2.75) is 30.5 Å². The predicted octanol–water partition coefficient (Wildman–Crippen LogP) is 2.13. The highest BCUT2D eigenvalue weighted by Crippen LogP contribution is 2.31. The van der Waals surface area contributed by atoms with Gasteiger partial charge in [0, 0.05) is 49.7 Å². The fourth-order valence-electron chi connectivity index (χ4n) is 3.58. The fourth-order valence-corrected chi connectivity index (χ4v) is 5.77. The maximum absolute atomic E-state index is 13.1. The Morgan fingerprint density at radius 3 is 2.64 bits per heavy atom. The highest BCUT2D eigenvalue weighted by molar-refractivity contribution is 7.89. The minimum absolute atomic E-state index is 0.0161. The average molecular weight is 418 g/mol. The van der Waals surface area contributed by atoms with Gasteiger partial charge in [0.05, 0.1) is 17.5 Å². The lowest BCUT2D eigenvalue weighted by Gasteiger charge is -2.20. The molecule has 3 heterocycles. The van der Waals surface area contributed by atoms with E-state index in [1.165, 1.54) is 11.2 Å². The van der Waals surface area contributed by atoms with Crippen LogP contribution in [0.2, 0.25) is 0 Å². The van der Waals surface area contributed by atoms with Crippen LogP contribution in [0.25, 0.3) is 0 Å². The van der Waals surface area contributed by atoms with Crippen LogP contribution in [0.3, 0.4) is 0 Å². The number of imidazole rings is 1. The molecule has 1 aromatic carbocycles. The van der Waals surface area contributed by atoms with Crippen LogP contribution < -0.4 is 5.32 Å². The van der Waals surface area contributed by atoms with E-state index in [1.807, 2.05) is 30.6 Å². The zero-order valence-electron chi connectivity index (χ0n) is 15.8. The van der Waals surface area contributed by atoms with Crippen LogP contribution in [-0.2, 0) is 23.6 Å². The fraction of sp³-hybridized carbons (Fsp3) is 0.368. The molecule has 1 saturated heterocycles. The number of rotatable bonds is 6. The van der Waals surface area contributed by atoms with E-state index in [9.17, 15) is 8.42 Å². The Kier molecular flexibility index (Phi) is 5.33. The topological polar surface area (TPSA) is 80.1 Å². The first-order valence-electron chi connectivity index (χ1n) is 9.10. The lowest BCUT2D eigenvalue weighted by atomic mass is 9.94. The van der Waals surface area contributed by atoms with Crippen LogP contribution in [0.15, 0.2) is 53.4 Å². The van der Waals surface area contributed by atoms with Gasteiger partial charge in [-0.3, -0.25) is 0 Å². The van der Waals surface area contributed by atoms with Crippen molar-refractivity contribution in [2.75, 3.05) is 13.1 Å². The molecule has 7 nitrogen and oxygen atoms in total. The second kappa shape index (κ2) is 7.75. The Labute approximate surface area is 169 Å². The molecule has 4 rings (SSSR count). The Morgan fingerprint density at radius 2 is 2.00 bits per heavy atom. The van der Waals surface area contributed by atoms with E-state index in [0.29, 0.717) is 19.6 Å². The number of benzene rings is 1. The molecule has 9 heteroatoms. The summed E-state index contributed by atoms with van der Waals surface area (Å²) in [5.74, 6) is 0.0768. The smallest absolute Gasteiger partial charge is 0.262 e. The molecule has 0 saturated carbocycles. The van der Waals surface area contributed by atoms with E-state index in [4.69, 9.17) is 0 Å². The van der Waals surface area contributed by atoms with Crippen molar-refractivity contribution in [3.05, 3.63) is 64.5 Å². The molecule has 1 aliphatic rings. The van der Waals surface area contributed by atoms with Crippen molar-refractivity contribution < 1.29 is 8.42 Å². The molecule has 2 atom stereocenters. The Bertz CT molecular complexity index is 1050. The van der Waals surface area contributed by atoms with Gasteiger partial charge in [-0.1, -0.05) is 30.3 Å². The van der Waals surface area contributed by atoms with Gasteiger partial charge in [-0.2, -0.15) is 4.31 Å². The first-order chi connectivity index (χ1) is 13.4. The number of hydrogen-bond acceptors (Lipinski definition) is 6. The SMILES string of the molecule is Cc1ncsc1CN[C@H]1CN(S(=O)(=O)c2cn(C)cn2)C[C@@H]1c1ccccc1. The summed E-state index contributed by atoms with van der Waals surface area (Å²) < 4.78 is 29.3. The summed E-state index contributed by atoms with van der Waals surface area (Å²) in [5, 5.41) is 3.67. The van der Waals surface area contributed by atoms with Gasteiger partial charge >= 0.3 is 0 Å². The Balaban J connectivity index is 1.58. The van der Waals surface area contributed by atoms with Crippen LogP contribution in [0.5, 0.6) is 0 Å². The molecule has 0 bridgehead atoms. The van der Waals surface area contributed by atoms with Crippen molar-refractivity contribution in [1.29, 1.82) is 0 Å². The summed E-state index contributed by atoms with van der Waals surface area (Å²) in [4.78, 5) is 9.53. The first-order valence-corrected chi connectivity index (χ1v) is 11.4. The van der Waals surface area contributed by atoms with E-state index >= 15 is 0 Å². The van der Waals surface area contributed by atoms with Crippen molar-refractivity contribution in [1.82, 2.24) is 24.2 Å². The molecule has 1 aliphatic heterocycles. The summed E-state index contributed by atoms with van der Waals surface area (Å²) >= 11 is 1.62. The maximum Gasteiger partial charge on any atom is 0.262 e. The molecule has 3 aromatic rings. The molecule has 0 spiro atoms. The number of hydrogen-bond donors (Lipinski definition) is 1. The zero-order valence-corrected chi connectivity index (χ0v) is 17.4. The number of nitrogens with one attached hydrogen (secondary N) is 1. The molecule has 0 aliphatic carbocycles. The second-order valence-corrected chi connectivity index (χ2v) is 9.89. The lowest BCUT2D eigenvalue weighted by Crippen LogP contribution is -2.36. The van der Waals surface area contributed by atoms with Crippen LogP contribution in [0.4, 0.5) is 0 Å². The average Bonchev–Trinajstić information content (AvgIpc) is 3.41. The first kappa shape index (κ1) is 19.3. The minimum atomic E-state index is -3.62. The van der Waals surface area contributed by atoms with E-state index in [-0.39, 0.29) is 17.0 Å². The summed E-state index contributed by atoms with van der Waals surface area (Å²) in [5.41, 5.74) is 4.00. The molecule has 0 amide bonds. The molecule has 1 N–H and O–H groups in total. The largest absolute Gasteiger partial charge is 0.339 e. The number of sulfonamides is 1. The second-order valence-electron chi connectivity index (χ2n) is 7.06. The normalized spacial score (nSPS) is 20.6. The third-order valence-corrected chi connectivity index (χ3v) is 7.82. The molecule has 2 aromatic heterocycles. The number of thiazole rings is 1.